The molecule has 0 aliphatic carbocycles. The summed E-state index contributed by atoms with van der Waals surface area (Å²) in [7, 11) is 3.77. The van der Waals surface area contributed by atoms with Crippen LogP contribution in [0.4, 0.5) is 8.78 Å². The Bertz CT molecular complexity index is 312. The Hall–Kier alpha value is -0.680. The van der Waals surface area contributed by atoms with E-state index < -0.39 is 6.43 Å². The van der Waals surface area contributed by atoms with Crippen molar-refractivity contribution in [1.29, 1.82) is 0 Å². The number of likely N-dealkylation sites (N-methyl/N-ethyl adjacent to an activating group) is 1. The number of halogens is 3. The number of rotatable bonds is 5. The quantitative estimate of drug-likeness (QED) is 0.732. The predicted octanol–water partition coefficient (Wildman–Crippen LogP) is 2.12. The van der Waals surface area contributed by atoms with Crippen LogP contribution in [0.5, 0.6) is 0 Å². The molecule has 0 spiro atoms. The lowest BCUT2D eigenvalue weighted by atomic mass is 10.3. The van der Waals surface area contributed by atoms with Gasteiger partial charge in [-0.2, -0.15) is 5.10 Å². The maximum atomic E-state index is 12.7. The molecule has 0 aromatic carbocycles. The molecule has 0 bridgehead atoms. The Morgan fingerprint density at radius 3 is 2.67 bits per heavy atom. The van der Waals surface area contributed by atoms with Gasteiger partial charge in [-0.25, -0.2) is 8.78 Å². The van der Waals surface area contributed by atoms with Gasteiger partial charge in [-0.3, -0.25) is 4.68 Å². The van der Waals surface area contributed by atoms with Crippen LogP contribution in [0.2, 0.25) is 0 Å². The molecule has 0 fully saturated rings. The van der Waals surface area contributed by atoms with Crippen LogP contribution in [-0.2, 0) is 12.4 Å². The lowest BCUT2D eigenvalue weighted by Crippen LogP contribution is -2.20. The second-order valence-corrected chi connectivity index (χ2v) is 3.78. The predicted molar refractivity (Wildman–Crippen MR) is 55.3 cm³/mol. The van der Waals surface area contributed by atoms with E-state index in [1.54, 1.807) is 0 Å². The van der Waals surface area contributed by atoms with Crippen molar-refractivity contribution in [3.8, 4) is 0 Å². The van der Waals surface area contributed by atoms with Crippen molar-refractivity contribution in [2.45, 2.75) is 18.9 Å². The molecule has 0 radical (unpaired) electrons. The summed E-state index contributed by atoms with van der Waals surface area (Å²) < 4.78 is 26.7. The van der Waals surface area contributed by atoms with E-state index in [0.29, 0.717) is 18.7 Å². The van der Waals surface area contributed by atoms with Gasteiger partial charge in [0.1, 0.15) is 5.69 Å². The average Bonchev–Trinajstić information content (AvgIpc) is 2.57. The highest BCUT2D eigenvalue weighted by Gasteiger charge is 2.19. The van der Waals surface area contributed by atoms with E-state index in [-0.39, 0.29) is 11.6 Å². The van der Waals surface area contributed by atoms with Crippen molar-refractivity contribution >= 4 is 11.6 Å². The van der Waals surface area contributed by atoms with Crippen LogP contribution in [0.3, 0.4) is 0 Å². The summed E-state index contributed by atoms with van der Waals surface area (Å²) in [5, 5.41) is 3.91. The Morgan fingerprint density at radius 2 is 2.20 bits per heavy atom. The van der Waals surface area contributed by atoms with Gasteiger partial charge in [0.05, 0.1) is 18.6 Å². The average molecular weight is 238 g/mol. The maximum absolute atomic E-state index is 12.7. The van der Waals surface area contributed by atoms with E-state index in [9.17, 15) is 8.78 Å². The van der Waals surface area contributed by atoms with E-state index in [0.717, 1.165) is 0 Å². The number of aromatic nitrogens is 2. The van der Waals surface area contributed by atoms with Gasteiger partial charge in [-0.05, 0) is 14.1 Å². The summed E-state index contributed by atoms with van der Waals surface area (Å²) in [6.45, 7) is 1.12. The minimum Gasteiger partial charge on any atom is -0.308 e. The maximum Gasteiger partial charge on any atom is 0.280 e. The summed E-state index contributed by atoms with van der Waals surface area (Å²) >= 11 is 5.56. The third-order valence-electron chi connectivity index (χ3n) is 2.07. The molecule has 6 heteroatoms. The standard InChI is InChI=1S/C9H14ClF2N3/c1-14(2)3-4-15-8(9(11)12)7(5-10)6-13-15/h6,9H,3-5H2,1-2H3. The highest BCUT2D eigenvalue weighted by atomic mass is 35.5. The molecular formula is C9H14ClF2N3. The third-order valence-corrected chi connectivity index (χ3v) is 2.36. The minimum absolute atomic E-state index is 0.0631. The van der Waals surface area contributed by atoms with Gasteiger partial charge in [-0.1, -0.05) is 0 Å². The monoisotopic (exact) mass is 237 g/mol. The number of alkyl halides is 3. The molecule has 1 rings (SSSR count). The Morgan fingerprint density at radius 1 is 1.53 bits per heavy atom. The summed E-state index contributed by atoms with van der Waals surface area (Å²) in [6, 6.07) is 0. The van der Waals surface area contributed by atoms with Gasteiger partial charge in [-0.15, -0.1) is 11.6 Å². The molecule has 0 aliphatic rings. The Labute approximate surface area is 92.6 Å². The number of hydrogen-bond donors (Lipinski definition) is 0. The first-order valence-electron chi connectivity index (χ1n) is 4.59. The molecule has 3 nitrogen and oxygen atoms in total. The third kappa shape index (κ3) is 3.14. The van der Waals surface area contributed by atoms with Gasteiger partial charge < -0.3 is 4.90 Å². The van der Waals surface area contributed by atoms with E-state index in [1.807, 2.05) is 19.0 Å². The molecule has 0 saturated heterocycles. The second kappa shape index (κ2) is 5.42. The smallest absolute Gasteiger partial charge is 0.280 e. The molecule has 0 N–H and O–H groups in total. The van der Waals surface area contributed by atoms with E-state index in [4.69, 9.17) is 11.6 Å². The molecule has 1 aromatic rings. The van der Waals surface area contributed by atoms with Gasteiger partial charge >= 0.3 is 0 Å². The van der Waals surface area contributed by atoms with Crippen molar-refractivity contribution < 1.29 is 8.78 Å². The van der Waals surface area contributed by atoms with Crippen molar-refractivity contribution in [3.05, 3.63) is 17.5 Å². The molecule has 1 aromatic heterocycles. The zero-order chi connectivity index (χ0) is 11.4. The highest BCUT2D eigenvalue weighted by molar-refractivity contribution is 6.17. The van der Waals surface area contributed by atoms with Gasteiger partial charge in [0.15, 0.2) is 0 Å². The lowest BCUT2D eigenvalue weighted by molar-refractivity contribution is 0.137. The van der Waals surface area contributed by atoms with Crippen LogP contribution in [0.25, 0.3) is 0 Å². The summed E-state index contributed by atoms with van der Waals surface area (Å²) in [4.78, 5) is 1.91. The zero-order valence-electron chi connectivity index (χ0n) is 8.75. The largest absolute Gasteiger partial charge is 0.308 e. The van der Waals surface area contributed by atoms with E-state index >= 15 is 0 Å². The lowest BCUT2D eigenvalue weighted by Gasteiger charge is -2.12. The summed E-state index contributed by atoms with van der Waals surface area (Å²) in [5.41, 5.74) is 0.345. The van der Waals surface area contributed by atoms with Crippen LogP contribution >= 0.6 is 11.6 Å². The first-order chi connectivity index (χ1) is 7.06. The van der Waals surface area contributed by atoms with Crippen LogP contribution in [0.15, 0.2) is 6.20 Å². The number of hydrogen-bond acceptors (Lipinski definition) is 2. The molecule has 0 saturated carbocycles. The van der Waals surface area contributed by atoms with E-state index in [2.05, 4.69) is 5.10 Å². The van der Waals surface area contributed by atoms with Gasteiger partial charge in [0.25, 0.3) is 6.43 Å². The molecule has 0 unspecified atom stereocenters. The Kier molecular flexibility index (Phi) is 4.47. The Balaban J connectivity index is 2.82. The van der Waals surface area contributed by atoms with Crippen molar-refractivity contribution in [3.63, 3.8) is 0 Å². The fourth-order valence-corrected chi connectivity index (χ4v) is 1.47. The first-order valence-corrected chi connectivity index (χ1v) is 5.13. The molecule has 0 atom stereocenters. The molecule has 86 valence electrons. The van der Waals surface area contributed by atoms with Gasteiger partial charge in [0.2, 0.25) is 0 Å². The topological polar surface area (TPSA) is 21.1 Å². The fourth-order valence-electron chi connectivity index (χ4n) is 1.26. The van der Waals surface area contributed by atoms with Gasteiger partial charge in [0, 0.05) is 12.1 Å². The number of nitrogens with zero attached hydrogens (tertiary/aromatic N) is 3. The van der Waals surface area contributed by atoms with Crippen LogP contribution in [-0.4, -0.2) is 35.3 Å². The molecular weight excluding hydrogens is 224 g/mol. The fraction of sp³-hybridized carbons (Fsp3) is 0.667. The normalized spacial score (nSPS) is 11.7. The molecule has 15 heavy (non-hydrogen) atoms. The summed E-state index contributed by atoms with van der Waals surface area (Å²) in [6.07, 6.45) is -1.12. The molecule has 1 heterocycles. The van der Waals surface area contributed by atoms with Crippen molar-refractivity contribution in [2.75, 3.05) is 20.6 Å². The van der Waals surface area contributed by atoms with E-state index in [1.165, 1.54) is 10.9 Å². The first kappa shape index (κ1) is 12.4. The van der Waals surface area contributed by atoms with Crippen LogP contribution < -0.4 is 0 Å². The summed E-state index contributed by atoms with van der Waals surface area (Å²) in [5.74, 6) is 0.0711. The highest BCUT2D eigenvalue weighted by Crippen LogP contribution is 2.23. The molecule has 0 amide bonds. The van der Waals surface area contributed by atoms with Crippen LogP contribution in [0.1, 0.15) is 17.7 Å². The minimum atomic E-state index is -2.52. The SMILES string of the molecule is CN(C)CCn1ncc(CCl)c1C(F)F. The van der Waals surface area contributed by atoms with Crippen molar-refractivity contribution in [1.82, 2.24) is 14.7 Å². The van der Waals surface area contributed by atoms with Crippen LogP contribution in [0, 0.1) is 0 Å². The molecule has 0 aliphatic heterocycles. The zero-order valence-corrected chi connectivity index (χ0v) is 9.51. The second-order valence-electron chi connectivity index (χ2n) is 3.52. The van der Waals surface area contributed by atoms with Crippen molar-refractivity contribution in [2.24, 2.45) is 0 Å².